The zero-order chi connectivity index (χ0) is 21.3. The van der Waals surface area contributed by atoms with Gasteiger partial charge in [0.05, 0.1) is 37.0 Å². The summed E-state index contributed by atoms with van der Waals surface area (Å²) in [5.41, 5.74) is 5.93. The van der Waals surface area contributed by atoms with Crippen LogP contribution in [0.2, 0.25) is 10.0 Å². The van der Waals surface area contributed by atoms with Crippen molar-refractivity contribution in [3.05, 3.63) is 87.4 Å². The van der Waals surface area contributed by atoms with Gasteiger partial charge in [0.15, 0.2) is 11.5 Å². The monoisotopic (exact) mass is 444 g/mol. The molecule has 0 bridgehead atoms. The van der Waals surface area contributed by atoms with Crippen LogP contribution in [0.25, 0.3) is 0 Å². The molecule has 3 aromatic rings. The van der Waals surface area contributed by atoms with Gasteiger partial charge in [0, 0.05) is 0 Å². The van der Waals surface area contributed by atoms with Crippen LogP contribution in [0, 0.1) is 0 Å². The highest BCUT2D eigenvalue weighted by molar-refractivity contribution is 6.42. The normalized spacial score (nSPS) is 10.8. The average molecular weight is 445 g/mol. The number of hydrazone groups is 1. The summed E-state index contributed by atoms with van der Waals surface area (Å²) < 4.78 is 16.4. The van der Waals surface area contributed by atoms with Crippen molar-refractivity contribution in [1.29, 1.82) is 0 Å². The molecule has 0 atom stereocenters. The lowest BCUT2D eigenvalue weighted by Gasteiger charge is -2.09. The number of hydrogen-bond acceptors (Lipinski definition) is 5. The molecule has 0 aromatic heterocycles. The highest BCUT2D eigenvalue weighted by Crippen LogP contribution is 2.27. The maximum absolute atomic E-state index is 6.04. The van der Waals surface area contributed by atoms with Gasteiger partial charge in [-0.05, 0) is 53.1 Å². The second kappa shape index (κ2) is 10.8. The smallest absolute Gasteiger partial charge is 0.161 e. The minimum atomic E-state index is 0.398. The van der Waals surface area contributed by atoms with E-state index in [4.69, 9.17) is 37.4 Å². The first-order valence-electron chi connectivity index (χ1n) is 9.22. The van der Waals surface area contributed by atoms with Crippen LogP contribution in [0.3, 0.4) is 0 Å². The van der Waals surface area contributed by atoms with Gasteiger partial charge in [0.2, 0.25) is 0 Å². The van der Waals surface area contributed by atoms with E-state index < -0.39 is 0 Å². The molecule has 3 rings (SSSR count). The molecular formula is C23H22Cl2N2O3. The molecule has 0 heterocycles. The summed E-state index contributed by atoms with van der Waals surface area (Å²) in [6.07, 6.45) is 1.74. The molecule has 0 unspecified atom stereocenters. The Morgan fingerprint density at radius 1 is 0.867 bits per heavy atom. The molecule has 7 heteroatoms. The molecule has 0 fully saturated rings. The Balaban J connectivity index is 1.54. The molecular weight excluding hydrogens is 423 g/mol. The van der Waals surface area contributed by atoms with E-state index in [-0.39, 0.29) is 0 Å². The third-order valence-electron chi connectivity index (χ3n) is 4.28. The molecule has 3 aromatic carbocycles. The summed E-state index contributed by atoms with van der Waals surface area (Å²) in [6, 6.07) is 18.9. The van der Waals surface area contributed by atoms with Gasteiger partial charge in [-0.1, -0.05) is 47.5 Å². The van der Waals surface area contributed by atoms with E-state index in [9.17, 15) is 0 Å². The van der Waals surface area contributed by atoms with Crippen LogP contribution in [0.5, 0.6) is 17.2 Å². The summed E-state index contributed by atoms with van der Waals surface area (Å²) >= 11 is 12.0. The molecule has 0 aliphatic carbocycles. The van der Waals surface area contributed by atoms with Crippen molar-refractivity contribution in [2.75, 3.05) is 14.2 Å². The third kappa shape index (κ3) is 6.05. The fourth-order valence-electron chi connectivity index (χ4n) is 2.73. The highest BCUT2D eigenvalue weighted by Gasteiger charge is 2.04. The van der Waals surface area contributed by atoms with Crippen LogP contribution in [0.1, 0.15) is 16.7 Å². The van der Waals surface area contributed by atoms with Crippen molar-refractivity contribution in [3.8, 4) is 17.2 Å². The number of hydrogen-bond donors (Lipinski definition) is 1. The Hall–Kier alpha value is -2.89. The second-order valence-electron chi connectivity index (χ2n) is 6.39. The molecule has 156 valence electrons. The van der Waals surface area contributed by atoms with E-state index in [1.54, 1.807) is 32.6 Å². The zero-order valence-corrected chi connectivity index (χ0v) is 18.2. The molecule has 0 aliphatic rings. The largest absolute Gasteiger partial charge is 0.493 e. The van der Waals surface area contributed by atoms with E-state index in [1.165, 1.54) is 0 Å². The molecule has 1 N–H and O–H groups in total. The van der Waals surface area contributed by atoms with Gasteiger partial charge in [-0.2, -0.15) is 5.10 Å². The zero-order valence-electron chi connectivity index (χ0n) is 16.7. The lowest BCUT2D eigenvalue weighted by Crippen LogP contribution is -2.06. The van der Waals surface area contributed by atoms with Crippen LogP contribution in [-0.2, 0) is 13.2 Å². The van der Waals surface area contributed by atoms with Crippen molar-refractivity contribution in [3.63, 3.8) is 0 Å². The van der Waals surface area contributed by atoms with Gasteiger partial charge in [0.1, 0.15) is 12.4 Å². The second-order valence-corrected chi connectivity index (χ2v) is 7.21. The maximum atomic E-state index is 6.04. The third-order valence-corrected chi connectivity index (χ3v) is 5.02. The number of rotatable bonds is 9. The van der Waals surface area contributed by atoms with Gasteiger partial charge in [-0.25, -0.2) is 0 Å². The van der Waals surface area contributed by atoms with Crippen LogP contribution >= 0.6 is 23.2 Å². The van der Waals surface area contributed by atoms with Crippen molar-refractivity contribution in [2.45, 2.75) is 13.2 Å². The molecule has 0 saturated heterocycles. The molecule has 0 spiro atoms. The van der Waals surface area contributed by atoms with Gasteiger partial charge >= 0.3 is 0 Å². The van der Waals surface area contributed by atoms with Crippen molar-refractivity contribution in [1.82, 2.24) is 5.43 Å². The predicted molar refractivity (Wildman–Crippen MR) is 121 cm³/mol. The fourth-order valence-corrected chi connectivity index (χ4v) is 3.05. The predicted octanol–water partition coefficient (Wildman–Crippen LogP) is 5.71. The van der Waals surface area contributed by atoms with Crippen LogP contribution in [0.15, 0.2) is 65.8 Å². The van der Waals surface area contributed by atoms with Crippen LogP contribution in [0.4, 0.5) is 0 Å². The van der Waals surface area contributed by atoms with Gasteiger partial charge in [-0.3, -0.25) is 0 Å². The van der Waals surface area contributed by atoms with Gasteiger partial charge < -0.3 is 19.6 Å². The topological polar surface area (TPSA) is 52.1 Å². The Morgan fingerprint density at radius 3 is 2.43 bits per heavy atom. The summed E-state index contributed by atoms with van der Waals surface area (Å²) in [5, 5.41) is 5.32. The number of methoxy groups -OCH3 is 2. The first kappa shape index (κ1) is 21.8. The molecule has 0 amide bonds. The van der Waals surface area contributed by atoms with E-state index >= 15 is 0 Å². The Morgan fingerprint density at radius 2 is 1.67 bits per heavy atom. The minimum absolute atomic E-state index is 0.398. The maximum Gasteiger partial charge on any atom is 0.161 e. The van der Waals surface area contributed by atoms with Crippen LogP contribution < -0.4 is 19.6 Å². The van der Waals surface area contributed by atoms with E-state index in [2.05, 4.69) is 10.5 Å². The SMILES string of the molecule is COc1ccc(CN/N=C\c2cccc(OCc3ccc(Cl)c(Cl)c3)c2)cc1OC. The van der Waals surface area contributed by atoms with E-state index in [0.717, 1.165) is 22.4 Å². The summed E-state index contributed by atoms with van der Waals surface area (Å²) in [5.74, 6) is 2.12. The van der Waals surface area contributed by atoms with E-state index in [0.29, 0.717) is 34.7 Å². The summed E-state index contributed by atoms with van der Waals surface area (Å²) in [7, 11) is 3.23. The minimum Gasteiger partial charge on any atom is -0.493 e. The first-order chi connectivity index (χ1) is 14.6. The average Bonchev–Trinajstić information content (AvgIpc) is 2.77. The molecule has 0 saturated carbocycles. The fraction of sp³-hybridized carbons (Fsp3) is 0.174. The molecule has 30 heavy (non-hydrogen) atoms. The quantitative estimate of drug-likeness (QED) is 0.339. The van der Waals surface area contributed by atoms with Gasteiger partial charge in [0.25, 0.3) is 0 Å². The molecule has 0 radical (unpaired) electrons. The van der Waals surface area contributed by atoms with Crippen LogP contribution in [-0.4, -0.2) is 20.4 Å². The molecule has 0 aliphatic heterocycles. The first-order valence-corrected chi connectivity index (χ1v) is 9.98. The Bertz CT molecular complexity index is 1030. The Kier molecular flexibility index (Phi) is 7.82. The number of halogens is 2. The highest BCUT2D eigenvalue weighted by atomic mass is 35.5. The van der Waals surface area contributed by atoms with Crippen molar-refractivity contribution in [2.24, 2.45) is 5.10 Å². The lowest BCUT2D eigenvalue weighted by atomic mass is 10.2. The number of benzene rings is 3. The van der Waals surface area contributed by atoms with Crippen molar-refractivity contribution >= 4 is 29.4 Å². The standard InChI is InChI=1S/C23H22Cl2N2O3/c1-28-22-9-7-17(12-23(22)29-2)14-27-26-13-16-4-3-5-19(10-16)30-15-18-6-8-20(24)21(25)11-18/h3-13,27H,14-15H2,1-2H3/b26-13-. The summed E-state index contributed by atoms with van der Waals surface area (Å²) in [4.78, 5) is 0. The number of nitrogens with zero attached hydrogens (tertiary/aromatic N) is 1. The molecule has 5 nitrogen and oxygen atoms in total. The van der Waals surface area contributed by atoms with E-state index in [1.807, 2.05) is 48.5 Å². The number of nitrogens with one attached hydrogen (secondary N) is 1. The summed E-state index contributed by atoms with van der Waals surface area (Å²) in [6.45, 7) is 0.958. The Labute approximate surface area is 186 Å². The lowest BCUT2D eigenvalue weighted by molar-refractivity contribution is 0.306. The van der Waals surface area contributed by atoms with Gasteiger partial charge in [-0.15, -0.1) is 0 Å². The van der Waals surface area contributed by atoms with Crippen molar-refractivity contribution < 1.29 is 14.2 Å². The number of ether oxygens (including phenoxy) is 3.